The summed E-state index contributed by atoms with van der Waals surface area (Å²) in [7, 11) is 0. The lowest BCUT2D eigenvalue weighted by molar-refractivity contribution is 0.528. The molecule has 4 rings (SSSR count). The maximum absolute atomic E-state index is 4.61. The number of piperidine rings is 1. The van der Waals surface area contributed by atoms with Gasteiger partial charge in [-0.05, 0) is 37.5 Å². The third kappa shape index (κ3) is 3.08. The van der Waals surface area contributed by atoms with Gasteiger partial charge in [0.1, 0.15) is 17.0 Å². The summed E-state index contributed by atoms with van der Waals surface area (Å²) >= 11 is 1.79. The van der Waals surface area contributed by atoms with Gasteiger partial charge in [0.15, 0.2) is 0 Å². The molecule has 1 aliphatic heterocycles. The summed E-state index contributed by atoms with van der Waals surface area (Å²) in [6, 6.07) is 13.2. The first-order valence-electron chi connectivity index (χ1n) is 8.63. The Balaban J connectivity index is 1.57. The van der Waals surface area contributed by atoms with Crippen LogP contribution in [-0.4, -0.2) is 29.1 Å². The lowest BCUT2D eigenvalue weighted by Crippen LogP contribution is -2.42. The third-order valence-electron chi connectivity index (χ3n) is 4.57. The molecule has 0 amide bonds. The molecule has 1 saturated heterocycles. The zero-order valence-corrected chi connectivity index (χ0v) is 14.7. The van der Waals surface area contributed by atoms with E-state index in [4.69, 9.17) is 0 Å². The topological polar surface area (TPSA) is 41.0 Å². The second-order valence-corrected chi connectivity index (χ2v) is 7.39. The Kier molecular flexibility index (Phi) is 4.34. The average Bonchev–Trinajstić information content (AvgIpc) is 3.06. The second-order valence-electron chi connectivity index (χ2n) is 6.28. The summed E-state index contributed by atoms with van der Waals surface area (Å²) in [5, 5.41) is 4.87. The van der Waals surface area contributed by atoms with Crippen molar-refractivity contribution >= 4 is 33.1 Å². The van der Waals surface area contributed by atoms with Crippen molar-refractivity contribution in [3.8, 4) is 0 Å². The Bertz CT molecular complexity index is 815. The highest BCUT2D eigenvalue weighted by molar-refractivity contribution is 7.18. The number of rotatable bonds is 4. The largest absolute Gasteiger partial charge is 0.381 e. The number of para-hydroxylation sites is 1. The number of nitrogens with one attached hydrogen (secondary N) is 1. The molecule has 3 heterocycles. The van der Waals surface area contributed by atoms with Crippen LogP contribution in [0.4, 0.5) is 11.5 Å². The van der Waals surface area contributed by atoms with E-state index >= 15 is 0 Å². The molecule has 2 aromatic heterocycles. The zero-order chi connectivity index (χ0) is 16.4. The molecule has 24 heavy (non-hydrogen) atoms. The average molecular weight is 338 g/mol. The van der Waals surface area contributed by atoms with Gasteiger partial charge in [-0.15, -0.1) is 11.3 Å². The zero-order valence-electron chi connectivity index (χ0n) is 13.9. The number of hydrogen-bond donors (Lipinski definition) is 1. The Morgan fingerprint density at radius 2 is 2.12 bits per heavy atom. The van der Waals surface area contributed by atoms with Crippen molar-refractivity contribution in [2.75, 3.05) is 23.3 Å². The molecule has 124 valence electrons. The van der Waals surface area contributed by atoms with Gasteiger partial charge in [-0.3, -0.25) is 0 Å². The highest BCUT2D eigenvalue weighted by atomic mass is 32.1. The second kappa shape index (κ2) is 6.77. The Labute approximate surface area is 146 Å². The van der Waals surface area contributed by atoms with E-state index in [1.54, 1.807) is 17.7 Å². The molecule has 1 N–H and O–H groups in total. The van der Waals surface area contributed by atoms with Crippen molar-refractivity contribution in [2.45, 2.75) is 32.2 Å². The van der Waals surface area contributed by atoms with Crippen LogP contribution >= 0.6 is 11.3 Å². The molecular weight excluding hydrogens is 316 g/mol. The molecule has 0 radical (unpaired) electrons. The Morgan fingerprint density at radius 1 is 1.25 bits per heavy atom. The Morgan fingerprint density at radius 3 is 2.96 bits per heavy atom. The summed E-state index contributed by atoms with van der Waals surface area (Å²) in [4.78, 5) is 14.0. The predicted octanol–water partition coefficient (Wildman–Crippen LogP) is 4.33. The smallest absolute Gasteiger partial charge is 0.140 e. The van der Waals surface area contributed by atoms with Crippen LogP contribution in [0.25, 0.3) is 10.2 Å². The maximum Gasteiger partial charge on any atom is 0.140 e. The highest BCUT2D eigenvalue weighted by Crippen LogP contribution is 2.32. The lowest BCUT2D eigenvalue weighted by Gasteiger charge is -2.34. The molecule has 0 aliphatic carbocycles. The first-order chi connectivity index (χ1) is 11.8. The van der Waals surface area contributed by atoms with Crippen molar-refractivity contribution in [1.29, 1.82) is 0 Å². The van der Waals surface area contributed by atoms with Gasteiger partial charge in [-0.2, -0.15) is 0 Å². The van der Waals surface area contributed by atoms with Crippen molar-refractivity contribution in [1.82, 2.24) is 9.97 Å². The summed E-state index contributed by atoms with van der Waals surface area (Å²) in [5.74, 6) is 1.09. The summed E-state index contributed by atoms with van der Waals surface area (Å²) in [6.07, 6.45) is 5.14. The fraction of sp³-hybridized carbons (Fsp3) is 0.368. The summed E-state index contributed by atoms with van der Waals surface area (Å²) < 4.78 is 0. The van der Waals surface area contributed by atoms with E-state index < -0.39 is 0 Å². The van der Waals surface area contributed by atoms with E-state index in [2.05, 4.69) is 63.5 Å². The van der Waals surface area contributed by atoms with Gasteiger partial charge in [-0.25, -0.2) is 9.97 Å². The minimum absolute atomic E-state index is 0.454. The highest BCUT2D eigenvalue weighted by Gasteiger charge is 2.23. The van der Waals surface area contributed by atoms with Gasteiger partial charge in [-0.1, -0.05) is 25.1 Å². The van der Waals surface area contributed by atoms with Crippen LogP contribution in [0.2, 0.25) is 0 Å². The number of aromatic nitrogens is 2. The lowest BCUT2D eigenvalue weighted by atomic mass is 10.0. The summed E-state index contributed by atoms with van der Waals surface area (Å²) in [5.41, 5.74) is 1.20. The molecule has 1 fully saturated rings. The van der Waals surface area contributed by atoms with Gasteiger partial charge in [0.25, 0.3) is 0 Å². The van der Waals surface area contributed by atoms with E-state index in [-0.39, 0.29) is 0 Å². The number of aryl methyl sites for hydroxylation is 1. The van der Waals surface area contributed by atoms with Gasteiger partial charge in [0.05, 0.1) is 5.39 Å². The molecule has 5 heteroatoms. The number of anilines is 2. The van der Waals surface area contributed by atoms with Crippen LogP contribution in [-0.2, 0) is 6.42 Å². The van der Waals surface area contributed by atoms with Crippen LogP contribution in [0.15, 0.2) is 42.7 Å². The molecule has 0 saturated carbocycles. The van der Waals surface area contributed by atoms with Crippen molar-refractivity contribution in [3.05, 3.63) is 47.6 Å². The molecular formula is C19H22N4S. The maximum atomic E-state index is 4.61. The van der Waals surface area contributed by atoms with E-state index in [1.807, 2.05) is 0 Å². The SMILES string of the molecule is CCc1cc2c(N3CCCC(Nc4ccccc4)C3)ncnc2s1. The normalized spacial score (nSPS) is 18.0. The standard InChI is InChI=1S/C19H22N4S/c1-2-16-11-17-18(20-13-21-19(17)24-16)23-10-6-9-15(12-23)22-14-7-4-3-5-8-14/h3-5,7-8,11,13,15,22H,2,6,9-10,12H2,1H3. The Hall–Kier alpha value is -2.14. The van der Waals surface area contributed by atoms with Crippen LogP contribution in [0.3, 0.4) is 0 Å². The predicted molar refractivity (Wildman–Crippen MR) is 102 cm³/mol. The van der Waals surface area contributed by atoms with Crippen LogP contribution < -0.4 is 10.2 Å². The number of thiophene rings is 1. The van der Waals surface area contributed by atoms with E-state index in [1.165, 1.54) is 28.8 Å². The van der Waals surface area contributed by atoms with Gasteiger partial charge in [0.2, 0.25) is 0 Å². The van der Waals surface area contributed by atoms with Gasteiger partial charge in [0, 0.05) is 29.7 Å². The summed E-state index contributed by atoms with van der Waals surface area (Å²) in [6.45, 7) is 4.24. The molecule has 0 spiro atoms. The fourth-order valence-electron chi connectivity index (χ4n) is 3.38. The van der Waals surface area contributed by atoms with E-state index in [0.717, 1.165) is 30.2 Å². The molecule has 1 aliphatic rings. The monoisotopic (exact) mass is 338 g/mol. The van der Waals surface area contributed by atoms with Crippen LogP contribution in [0, 0.1) is 0 Å². The quantitative estimate of drug-likeness (QED) is 0.768. The van der Waals surface area contributed by atoms with Gasteiger partial charge >= 0.3 is 0 Å². The molecule has 3 aromatic rings. The van der Waals surface area contributed by atoms with Crippen molar-refractivity contribution < 1.29 is 0 Å². The van der Waals surface area contributed by atoms with Crippen LogP contribution in [0.1, 0.15) is 24.6 Å². The van der Waals surface area contributed by atoms with E-state index in [0.29, 0.717) is 6.04 Å². The van der Waals surface area contributed by atoms with Crippen molar-refractivity contribution in [2.24, 2.45) is 0 Å². The van der Waals surface area contributed by atoms with E-state index in [9.17, 15) is 0 Å². The van der Waals surface area contributed by atoms with Crippen LogP contribution in [0.5, 0.6) is 0 Å². The molecule has 1 atom stereocenters. The van der Waals surface area contributed by atoms with Gasteiger partial charge < -0.3 is 10.2 Å². The molecule has 0 bridgehead atoms. The number of nitrogens with zero attached hydrogens (tertiary/aromatic N) is 3. The molecule has 1 aromatic carbocycles. The molecule has 1 unspecified atom stereocenters. The number of fused-ring (bicyclic) bond motifs is 1. The first-order valence-corrected chi connectivity index (χ1v) is 9.45. The minimum Gasteiger partial charge on any atom is -0.381 e. The van der Waals surface area contributed by atoms with Crippen molar-refractivity contribution in [3.63, 3.8) is 0 Å². The first kappa shape index (κ1) is 15.4. The minimum atomic E-state index is 0.454. The third-order valence-corrected chi connectivity index (χ3v) is 5.76. The molecule has 4 nitrogen and oxygen atoms in total. The fourth-order valence-corrected chi connectivity index (χ4v) is 4.31. The number of hydrogen-bond acceptors (Lipinski definition) is 5. The number of benzene rings is 1.